The summed E-state index contributed by atoms with van der Waals surface area (Å²) in [7, 11) is 0. The standard InChI is InChI=1S/C16H26ClN3/c1-5-12(6-2)20(10-11(3)4)14-9-7-8-13(17)15(14)16(18)19/h7-9,11-12H,5-6,10H2,1-4H3,(H3,18,19). The number of halogens is 1. The molecule has 1 rings (SSSR count). The summed E-state index contributed by atoms with van der Waals surface area (Å²) in [6, 6.07) is 6.18. The van der Waals surface area contributed by atoms with Crippen LogP contribution < -0.4 is 10.6 Å². The highest BCUT2D eigenvalue weighted by molar-refractivity contribution is 6.34. The maximum absolute atomic E-state index is 7.81. The van der Waals surface area contributed by atoms with E-state index in [1.165, 1.54) is 0 Å². The SMILES string of the molecule is CCC(CC)N(CC(C)C)c1cccc(Cl)c1C(=N)N. The van der Waals surface area contributed by atoms with Crippen molar-refractivity contribution in [1.82, 2.24) is 0 Å². The summed E-state index contributed by atoms with van der Waals surface area (Å²) in [6.45, 7) is 9.73. The molecule has 0 unspecified atom stereocenters. The monoisotopic (exact) mass is 295 g/mol. The van der Waals surface area contributed by atoms with E-state index in [9.17, 15) is 0 Å². The van der Waals surface area contributed by atoms with E-state index in [2.05, 4.69) is 32.6 Å². The number of hydrogen-bond acceptors (Lipinski definition) is 2. The highest BCUT2D eigenvalue weighted by Crippen LogP contribution is 2.30. The van der Waals surface area contributed by atoms with Crippen LogP contribution >= 0.6 is 11.6 Å². The van der Waals surface area contributed by atoms with Gasteiger partial charge < -0.3 is 10.6 Å². The molecule has 0 amide bonds. The Morgan fingerprint density at radius 3 is 2.35 bits per heavy atom. The van der Waals surface area contributed by atoms with E-state index in [0.29, 0.717) is 22.5 Å². The third-order valence-electron chi connectivity index (χ3n) is 3.52. The van der Waals surface area contributed by atoms with Crippen molar-refractivity contribution in [2.45, 2.75) is 46.6 Å². The summed E-state index contributed by atoms with van der Waals surface area (Å²) in [5.74, 6) is 0.569. The van der Waals surface area contributed by atoms with E-state index >= 15 is 0 Å². The summed E-state index contributed by atoms with van der Waals surface area (Å²) >= 11 is 6.25. The van der Waals surface area contributed by atoms with Gasteiger partial charge in [-0.2, -0.15) is 0 Å². The molecule has 3 nitrogen and oxygen atoms in total. The lowest BCUT2D eigenvalue weighted by molar-refractivity contribution is 0.507. The Kier molecular flexibility index (Phi) is 6.34. The van der Waals surface area contributed by atoms with Crippen molar-refractivity contribution >= 4 is 23.1 Å². The van der Waals surface area contributed by atoms with Crippen molar-refractivity contribution in [2.75, 3.05) is 11.4 Å². The molecular weight excluding hydrogens is 270 g/mol. The van der Waals surface area contributed by atoms with Gasteiger partial charge in [0, 0.05) is 18.3 Å². The third kappa shape index (κ3) is 3.89. The average molecular weight is 296 g/mol. The van der Waals surface area contributed by atoms with Gasteiger partial charge in [0.05, 0.1) is 10.6 Å². The molecule has 0 aromatic heterocycles. The average Bonchev–Trinajstić information content (AvgIpc) is 2.37. The van der Waals surface area contributed by atoms with Crippen LogP contribution in [-0.2, 0) is 0 Å². The fourth-order valence-corrected chi connectivity index (χ4v) is 2.86. The Balaban J connectivity index is 3.33. The molecule has 0 saturated carbocycles. The van der Waals surface area contributed by atoms with Crippen LogP contribution in [0.4, 0.5) is 5.69 Å². The Labute approximate surface area is 127 Å². The van der Waals surface area contributed by atoms with Gasteiger partial charge in [-0.25, -0.2) is 0 Å². The van der Waals surface area contributed by atoms with Crippen molar-refractivity contribution in [3.63, 3.8) is 0 Å². The molecule has 0 fully saturated rings. The van der Waals surface area contributed by atoms with Gasteiger partial charge in [-0.15, -0.1) is 0 Å². The van der Waals surface area contributed by atoms with E-state index in [1.807, 2.05) is 12.1 Å². The molecule has 3 N–H and O–H groups in total. The highest BCUT2D eigenvalue weighted by atomic mass is 35.5. The van der Waals surface area contributed by atoms with Gasteiger partial charge in [0.1, 0.15) is 5.84 Å². The van der Waals surface area contributed by atoms with Gasteiger partial charge in [-0.1, -0.05) is 45.4 Å². The normalized spacial score (nSPS) is 11.2. The van der Waals surface area contributed by atoms with Crippen LogP contribution in [0.15, 0.2) is 18.2 Å². The van der Waals surface area contributed by atoms with Gasteiger partial charge in [-0.05, 0) is 30.9 Å². The molecule has 4 heteroatoms. The first-order chi connectivity index (χ1) is 9.42. The zero-order chi connectivity index (χ0) is 15.3. The van der Waals surface area contributed by atoms with E-state index in [0.717, 1.165) is 25.1 Å². The predicted molar refractivity (Wildman–Crippen MR) is 89.0 cm³/mol. The van der Waals surface area contributed by atoms with Gasteiger partial charge in [0.25, 0.3) is 0 Å². The molecule has 0 spiro atoms. The molecule has 0 aliphatic heterocycles. The first-order valence-electron chi connectivity index (χ1n) is 7.31. The van der Waals surface area contributed by atoms with Gasteiger partial charge >= 0.3 is 0 Å². The van der Waals surface area contributed by atoms with Crippen LogP contribution in [0.3, 0.4) is 0 Å². The maximum Gasteiger partial charge on any atom is 0.126 e. The number of rotatable bonds is 7. The Bertz CT molecular complexity index is 453. The molecule has 1 aromatic carbocycles. The number of nitrogens with one attached hydrogen (secondary N) is 1. The number of nitrogens with zero attached hydrogens (tertiary/aromatic N) is 1. The van der Waals surface area contributed by atoms with E-state index in [1.54, 1.807) is 6.07 Å². The predicted octanol–water partition coefficient (Wildman–Crippen LogP) is 4.28. The van der Waals surface area contributed by atoms with Gasteiger partial charge in [-0.3, -0.25) is 5.41 Å². The molecule has 0 radical (unpaired) electrons. The minimum atomic E-state index is 0.0327. The molecule has 20 heavy (non-hydrogen) atoms. The number of hydrogen-bond donors (Lipinski definition) is 2. The maximum atomic E-state index is 7.81. The van der Waals surface area contributed by atoms with Crippen LogP contribution in [0.25, 0.3) is 0 Å². The Hall–Kier alpha value is -1.22. The second-order valence-electron chi connectivity index (χ2n) is 5.56. The van der Waals surface area contributed by atoms with Crippen molar-refractivity contribution in [1.29, 1.82) is 5.41 Å². The Morgan fingerprint density at radius 1 is 1.30 bits per heavy atom. The van der Waals surface area contributed by atoms with Crippen molar-refractivity contribution in [3.05, 3.63) is 28.8 Å². The van der Waals surface area contributed by atoms with Crippen molar-refractivity contribution < 1.29 is 0 Å². The lowest BCUT2D eigenvalue weighted by Crippen LogP contribution is -2.38. The van der Waals surface area contributed by atoms with Crippen molar-refractivity contribution in [3.8, 4) is 0 Å². The molecule has 0 atom stereocenters. The molecular formula is C16H26ClN3. The summed E-state index contributed by atoms with van der Waals surface area (Å²) < 4.78 is 0. The summed E-state index contributed by atoms with van der Waals surface area (Å²) in [6.07, 6.45) is 2.13. The van der Waals surface area contributed by atoms with Crippen LogP contribution in [0.2, 0.25) is 5.02 Å². The van der Waals surface area contributed by atoms with E-state index in [-0.39, 0.29) is 5.84 Å². The number of benzene rings is 1. The molecule has 0 bridgehead atoms. The van der Waals surface area contributed by atoms with Crippen LogP contribution in [0.5, 0.6) is 0 Å². The lowest BCUT2D eigenvalue weighted by Gasteiger charge is -2.35. The lowest BCUT2D eigenvalue weighted by atomic mass is 10.0. The van der Waals surface area contributed by atoms with E-state index < -0.39 is 0 Å². The van der Waals surface area contributed by atoms with Crippen LogP contribution in [0.1, 0.15) is 46.1 Å². The largest absolute Gasteiger partial charge is 0.384 e. The van der Waals surface area contributed by atoms with Crippen LogP contribution in [-0.4, -0.2) is 18.4 Å². The fourth-order valence-electron chi connectivity index (χ4n) is 2.59. The molecule has 1 aromatic rings. The second kappa shape index (κ2) is 7.53. The number of amidine groups is 1. The van der Waals surface area contributed by atoms with Crippen molar-refractivity contribution in [2.24, 2.45) is 11.7 Å². The summed E-state index contributed by atoms with van der Waals surface area (Å²) in [4.78, 5) is 2.35. The minimum absolute atomic E-state index is 0.0327. The zero-order valence-corrected chi connectivity index (χ0v) is 13.7. The summed E-state index contributed by atoms with van der Waals surface area (Å²) in [5.41, 5.74) is 7.37. The quantitative estimate of drug-likeness (QED) is 0.583. The molecule has 0 aliphatic rings. The molecule has 112 valence electrons. The summed E-state index contributed by atoms with van der Waals surface area (Å²) in [5, 5.41) is 8.37. The zero-order valence-electron chi connectivity index (χ0n) is 12.9. The number of nitrogens with two attached hydrogens (primary N) is 1. The second-order valence-corrected chi connectivity index (χ2v) is 5.97. The smallest absolute Gasteiger partial charge is 0.126 e. The van der Waals surface area contributed by atoms with E-state index in [4.69, 9.17) is 22.7 Å². The number of nitrogen functional groups attached to an aromatic ring is 1. The van der Waals surface area contributed by atoms with Gasteiger partial charge in [0.2, 0.25) is 0 Å². The number of anilines is 1. The third-order valence-corrected chi connectivity index (χ3v) is 3.83. The highest BCUT2D eigenvalue weighted by Gasteiger charge is 2.21. The van der Waals surface area contributed by atoms with Gasteiger partial charge in [0.15, 0.2) is 0 Å². The molecule has 0 aliphatic carbocycles. The van der Waals surface area contributed by atoms with Crippen LogP contribution in [0, 0.1) is 11.3 Å². The first-order valence-corrected chi connectivity index (χ1v) is 7.69. The Morgan fingerprint density at radius 2 is 1.90 bits per heavy atom. The molecule has 0 saturated heterocycles. The molecule has 0 heterocycles. The fraction of sp³-hybridized carbons (Fsp3) is 0.562. The first kappa shape index (κ1) is 16.8. The topological polar surface area (TPSA) is 53.1 Å². The minimum Gasteiger partial charge on any atom is -0.384 e.